The zero-order chi connectivity index (χ0) is 45.0. The largest absolute Gasteiger partial charge is 0.457 e. The molecule has 1 heterocycles. The first kappa shape index (κ1) is 57.6. The quantitative estimate of drug-likeness (QED) is 0.0269. The summed E-state index contributed by atoms with van der Waals surface area (Å²) in [6, 6.07) is 0. The van der Waals surface area contributed by atoms with Gasteiger partial charge in [0.05, 0.1) is 19.8 Å². The predicted molar refractivity (Wildman–Crippen MR) is 256 cm³/mol. The van der Waals surface area contributed by atoms with Crippen molar-refractivity contribution >= 4 is 5.97 Å². The van der Waals surface area contributed by atoms with Crippen LogP contribution in [0.1, 0.15) is 194 Å². The lowest BCUT2D eigenvalue weighted by atomic mass is 9.99. The fourth-order valence-electron chi connectivity index (χ4n) is 7.28. The van der Waals surface area contributed by atoms with E-state index < -0.39 is 49.4 Å². The number of carbonyl (C=O) groups excluding carboxylic acids is 1. The molecule has 0 spiro atoms. The summed E-state index contributed by atoms with van der Waals surface area (Å²) in [5.41, 5.74) is 0. The number of ether oxygens (including phenoxy) is 4. The molecule has 6 unspecified atom stereocenters. The van der Waals surface area contributed by atoms with Crippen LogP contribution in [0.2, 0.25) is 0 Å². The molecule has 1 fully saturated rings. The molecule has 62 heavy (non-hydrogen) atoms. The molecule has 1 aliphatic heterocycles. The van der Waals surface area contributed by atoms with E-state index in [9.17, 15) is 25.2 Å². The van der Waals surface area contributed by atoms with Crippen LogP contribution in [0.5, 0.6) is 0 Å². The van der Waals surface area contributed by atoms with Crippen molar-refractivity contribution in [2.75, 3.05) is 26.4 Å². The zero-order valence-corrected chi connectivity index (χ0v) is 39.3. The van der Waals surface area contributed by atoms with E-state index in [4.69, 9.17) is 18.9 Å². The van der Waals surface area contributed by atoms with E-state index in [-0.39, 0.29) is 19.6 Å². The number of esters is 1. The highest BCUT2D eigenvalue weighted by atomic mass is 16.7. The van der Waals surface area contributed by atoms with E-state index in [2.05, 4.69) is 74.6 Å². The monoisotopic (exact) mass is 873 g/mol. The average molecular weight is 873 g/mol. The number of carbonyl (C=O) groups is 1. The van der Waals surface area contributed by atoms with E-state index in [0.717, 1.165) is 51.4 Å². The third-order valence-corrected chi connectivity index (χ3v) is 11.2. The Morgan fingerprint density at radius 2 is 0.952 bits per heavy atom. The van der Waals surface area contributed by atoms with Gasteiger partial charge in [0.15, 0.2) is 6.29 Å². The molecule has 9 heteroatoms. The molecule has 1 aliphatic rings. The molecule has 4 N–H and O–H groups in total. The minimum absolute atomic E-state index is 0.113. The highest BCUT2D eigenvalue weighted by Gasteiger charge is 2.44. The maximum Gasteiger partial charge on any atom is 0.306 e. The Morgan fingerprint density at radius 1 is 0.532 bits per heavy atom. The molecule has 0 aromatic rings. The summed E-state index contributed by atoms with van der Waals surface area (Å²) < 4.78 is 22.8. The van der Waals surface area contributed by atoms with Crippen molar-refractivity contribution in [1.82, 2.24) is 0 Å². The fraction of sp³-hybridized carbons (Fsp3) is 0.755. The highest BCUT2D eigenvalue weighted by molar-refractivity contribution is 5.69. The first-order valence-corrected chi connectivity index (χ1v) is 25.0. The second kappa shape index (κ2) is 43.9. The first-order valence-electron chi connectivity index (χ1n) is 25.0. The number of unbranched alkanes of at least 4 members (excludes halogenated alkanes) is 19. The number of hydrogen-bond donors (Lipinski definition) is 4. The van der Waals surface area contributed by atoms with Crippen molar-refractivity contribution in [3.63, 3.8) is 0 Å². The van der Waals surface area contributed by atoms with Crippen molar-refractivity contribution in [3.8, 4) is 0 Å². The molecule has 6 atom stereocenters. The Bertz CT molecular complexity index is 1180. The number of aliphatic hydroxyl groups is 4. The van der Waals surface area contributed by atoms with Crippen LogP contribution < -0.4 is 0 Å². The van der Waals surface area contributed by atoms with Crippen LogP contribution in [0.15, 0.2) is 72.9 Å². The predicted octanol–water partition coefficient (Wildman–Crippen LogP) is 12.0. The van der Waals surface area contributed by atoms with Crippen LogP contribution in [0.3, 0.4) is 0 Å². The van der Waals surface area contributed by atoms with Gasteiger partial charge in [-0.1, -0.05) is 209 Å². The Balaban J connectivity index is 2.27. The van der Waals surface area contributed by atoms with Crippen LogP contribution in [0.25, 0.3) is 0 Å². The van der Waals surface area contributed by atoms with Gasteiger partial charge in [0, 0.05) is 13.0 Å². The summed E-state index contributed by atoms with van der Waals surface area (Å²) in [6.45, 7) is 4.37. The number of hydrogen-bond acceptors (Lipinski definition) is 9. The highest BCUT2D eigenvalue weighted by Crippen LogP contribution is 2.22. The molecule has 358 valence electrons. The van der Waals surface area contributed by atoms with Crippen LogP contribution in [0, 0.1) is 0 Å². The maximum atomic E-state index is 12.8. The third kappa shape index (κ3) is 34.1. The number of aliphatic hydroxyl groups excluding tert-OH is 4. The van der Waals surface area contributed by atoms with Gasteiger partial charge in [0.1, 0.15) is 30.5 Å². The molecule has 0 aliphatic carbocycles. The topological polar surface area (TPSA) is 135 Å². The van der Waals surface area contributed by atoms with E-state index >= 15 is 0 Å². The third-order valence-electron chi connectivity index (χ3n) is 11.2. The second-order valence-corrected chi connectivity index (χ2v) is 16.9. The normalized spacial score (nSPS) is 20.4. The van der Waals surface area contributed by atoms with Gasteiger partial charge in [-0.2, -0.15) is 0 Å². The van der Waals surface area contributed by atoms with Gasteiger partial charge in [-0.15, -0.1) is 0 Å². The van der Waals surface area contributed by atoms with E-state index in [1.54, 1.807) is 0 Å². The standard InChI is InChI=1S/C53H92O9/c1-3-5-7-9-11-13-15-17-19-21-23-25-27-29-31-33-35-37-39-41-43-59-45-47(46-60-53-52(58)51(57)50(56)48(44-54)62-53)61-49(55)42-40-38-36-34-32-30-28-26-24-22-20-18-16-14-12-10-8-6-4-2/h6,8,12,14,18,20,24,26,30,32,36,38,47-48,50-54,56-58H,3-5,7,9-11,13,15-17,19,21-23,25,27-29,31,33-35,37,39-46H2,1-2H3/b8-6-,14-12-,20-18-,26-24-,32-30-,38-36-. The summed E-state index contributed by atoms with van der Waals surface area (Å²) in [5, 5.41) is 40.2. The van der Waals surface area contributed by atoms with Crippen molar-refractivity contribution in [1.29, 1.82) is 0 Å². The molecule has 0 radical (unpaired) electrons. The molecule has 0 aromatic heterocycles. The van der Waals surface area contributed by atoms with Crippen molar-refractivity contribution in [2.45, 2.75) is 230 Å². The van der Waals surface area contributed by atoms with Gasteiger partial charge in [-0.3, -0.25) is 4.79 Å². The van der Waals surface area contributed by atoms with Gasteiger partial charge in [0.25, 0.3) is 0 Å². The molecule has 1 saturated heterocycles. The summed E-state index contributed by atoms with van der Waals surface area (Å²) >= 11 is 0. The van der Waals surface area contributed by atoms with Gasteiger partial charge in [-0.25, -0.2) is 0 Å². The molecule has 9 nitrogen and oxygen atoms in total. The lowest BCUT2D eigenvalue weighted by molar-refractivity contribution is -0.305. The van der Waals surface area contributed by atoms with Crippen molar-refractivity contribution in [3.05, 3.63) is 72.9 Å². The molecule has 1 rings (SSSR count). The number of allylic oxidation sites excluding steroid dienone is 12. The Kier molecular flexibility index (Phi) is 40.8. The molecule has 0 amide bonds. The van der Waals surface area contributed by atoms with Gasteiger partial charge < -0.3 is 39.4 Å². The van der Waals surface area contributed by atoms with E-state index in [1.807, 2.05) is 12.2 Å². The van der Waals surface area contributed by atoms with Crippen LogP contribution in [-0.2, 0) is 23.7 Å². The Morgan fingerprint density at radius 3 is 1.39 bits per heavy atom. The summed E-state index contributed by atoms with van der Waals surface area (Å²) in [4.78, 5) is 12.8. The maximum absolute atomic E-state index is 12.8. The van der Waals surface area contributed by atoms with Gasteiger partial charge in [-0.05, 0) is 51.4 Å². The van der Waals surface area contributed by atoms with Crippen molar-refractivity contribution < 1.29 is 44.2 Å². The molecule has 0 aromatic carbocycles. The zero-order valence-electron chi connectivity index (χ0n) is 39.3. The van der Waals surface area contributed by atoms with Crippen LogP contribution >= 0.6 is 0 Å². The number of rotatable bonds is 42. The smallest absolute Gasteiger partial charge is 0.306 e. The Hall–Kier alpha value is -2.37. The molecule has 0 saturated carbocycles. The molecular formula is C53H92O9. The Labute approximate surface area is 378 Å². The second-order valence-electron chi connectivity index (χ2n) is 16.9. The first-order chi connectivity index (χ1) is 30.4. The minimum Gasteiger partial charge on any atom is -0.457 e. The minimum atomic E-state index is -1.55. The SMILES string of the molecule is CC/C=C\C/C=C\C/C=C\C/C=C\C/C=C\C/C=C\CCC(=O)OC(COCCCCCCCCCCCCCCCCCCCCCC)COC1OC(CO)C(O)C(O)C1O. The van der Waals surface area contributed by atoms with E-state index in [1.165, 1.54) is 116 Å². The van der Waals surface area contributed by atoms with Crippen LogP contribution in [-0.4, -0.2) is 89.6 Å². The lowest BCUT2D eigenvalue weighted by Crippen LogP contribution is -2.59. The average Bonchev–Trinajstić information content (AvgIpc) is 3.27. The lowest BCUT2D eigenvalue weighted by Gasteiger charge is -2.39. The van der Waals surface area contributed by atoms with E-state index in [0.29, 0.717) is 13.0 Å². The van der Waals surface area contributed by atoms with Gasteiger partial charge in [0.2, 0.25) is 0 Å². The van der Waals surface area contributed by atoms with Crippen molar-refractivity contribution in [2.24, 2.45) is 0 Å². The molecule has 0 bridgehead atoms. The molecular weight excluding hydrogens is 781 g/mol. The summed E-state index contributed by atoms with van der Waals surface area (Å²) in [5.74, 6) is -0.394. The van der Waals surface area contributed by atoms with Crippen LogP contribution in [0.4, 0.5) is 0 Å². The van der Waals surface area contributed by atoms with Gasteiger partial charge >= 0.3 is 5.97 Å². The summed E-state index contributed by atoms with van der Waals surface area (Å²) in [7, 11) is 0. The summed E-state index contributed by atoms with van der Waals surface area (Å²) in [6.07, 6.45) is 50.9. The fourth-order valence-corrected chi connectivity index (χ4v) is 7.28.